The number of rotatable bonds is 67. The molecule has 17 nitrogen and oxygen atoms in total. The molecule has 0 spiro atoms. The quantitative estimate of drug-likeness (QED) is 0.0169. The van der Waals surface area contributed by atoms with E-state index in [1.165, 1.54) is 122 Å². The third kappa shape index (κ3) is 63.0. The highest BCUT2D eigenvalue weighted by atomic mass is 31.2. The molecule has 0 aromatic carbocycles. The van der Waals surface area contributed by atoms with Gasteiger partial charge in [-0.15, -0.1) is 0 Å². The average molecular weight is 1320 g/mol. The number of hydrogen-bond donors (Lipinski definition) is 3. The van der Waals surface area contributed by atoms with Gasteiger partial charge in [-0.1, -0.05) is 278 Å². The van der Waals surface area contributed by atoms with Gasteiger partial charge in [-0.25, -0.2) is 9.13 Å². The molecular weight excluding hydrogens is 1190 g/mol. The lowest BCUT2D eigenvalue weighted by atomic mass is 9.99. The fraction of sp³-hybridized carbons (Fsp3) is 0.887. The van der Waals surface area contributed by atoms with E-state index in [9.17, 15) is 43.2 Å². The molecule has 0 rings (SSSR count). The highest BCUT2D eigenvalue weighted by Crippen LogP contribution is 2.45. The fourth-order valence-electron chi connectivity index (χ4n) is 10.1. The Morgan fingerprint density at radius 3 is 0.989 bits per heavy atom. The number of hydrogen-bond acceptors (Lipinski definition) is 15. The van der Waals surface area contributed by atoms with E-state index in [0.717, 1.165) is 121 Å². The molecule has 0 heterocycles. The molecule has 0 bridgehead atoms. The minimum Gasteiger partial charge on any atom is -0.462 e. The van der Waals surface area contributed by atoms with Crippen LogP contribution >= 0.6 is 15.6 Å². The van der Waals surface area contributed by atoms with Crippen molar-refractivity contribution in [3.8, 4) is 0 Å². The molecule has 0 aliphatic rings. The van der Waals surface area contributed by atoms with Crippen molar-refractivity contribution in [1.82, 2.24) is 0 Å². The highest BCUT2D eigenvalue weighted by Gasteiger charge is 2.30. The molecule has 3 N–H and O–H groups in total. The van der Waals surface area contributed by atoms with Crippen molar-refractivity contribution in [1.29, 1.82) is 0 Å². The van der Waals surface area contributed by atoms with Crippen LogP contribution in [0.15, 0.2) is 24.3 Å². The lowest BCUT2D eigenvalue weighted by Crippen LogP contribution is -2.30. The molecule has 0 aliphatic heterocycles. The van der Waals surface area contributed by atoms with E-state index in [0.29, 0.717) is 31.6 Å². The van der Waals surface area contributed by atoms with Gasteiger partial charge in [-0.3, -0.25) is 37.3 Å². The summed E-state index contributed by atoms with van der Waals surface area (Å²) >= 11 is 0. The van der Waals surface area contributed by atoms with Gasteiger partial charge < -0.3 is 33.8 Å². The van der Waals surface area contributed by atoms with Gasteiger partial charge in [0.2, 0.25) is 0 Å². The molecule has 19 heteroatoms. The molecule has 0 aliphatic carbocycles. The summed E-state index contributed by atoms with van der Waals surface area (Å²) in [6, 6.07) is 0. The standard InChI is InChI=1S/C71H134O17P2/c1-8-10-11-12-13-14-15-16-17-18-19-24-32-40-47-54-70(75)87-66(58-81-68(73)52-45-38-31-23-21-20-22-28-35-42-49-62(3)4)60-85-89(77,78)83-56-65(72)57-84-90(79,80)86-61-67(59-82-69(74)53-46-39-34-27-29-36-43-50-63(5)6)88-71(76)55-48-41-33-26-25-30-37-44-51-64(7)9-2/h14-17,62-67,72H,8-13,18-61H2,1-7H3,(H,77,78)(H,79,80)/b15-14-,17-16-/t64?,65?,66-,67-/m1/s1. The van der Waals surface area contributed by atoms with Crippen LogP contribution in [0.25, 0.3) is 0 Å². The van der Waals surface area contributed by atoms with Gasteiger partial charge in [0, 0.05) is 25.7 Å². The van der Waals surface area contributed by atoms with E-state index < -0.39 is 97.5 Å². The van der Waals surface area contributed by atoms with Crippen molar-refractivity contribution in [2.75, 3.05) is 39.6 Å². The summed E-state index contributed by atoms with van der Waals surface area (Å²) in [6.07, 6.45) is 48.0. The van der Waals surface area contributed by atoms with Crippen LogP contribution in [-0.4, -0.2) is 96.7 Å². The minimum absolute atomic E-state index is 0.0842. The van der Waals surface area contributed by atoms with Crippen LogP contribution in [-0.2, 0) is 65.4 Å². The van der Waals surface area contributed by atoms with E-state index in [1.54, 1.807) is 0 Å². The second-order valence-corrected chi connectivity index (χ2v) is 29.0. The summed E-state index contributed by atoms with van der Waals surface area (Å²) in [5, 5.41) is 10.6. The Morgan fingerprint density at radius 2 is 0.656 bits per heavy atom. The molecule has 4 unspecified atom stereocenters. The van der Waals surface area contributed by atoms with E-state index in [1.807, 2.05) is 0 Å². The number of aliphatic hydroxyl groups is 1. The molecule has 90 heavy (non-hydrogen) atoms. The summed E-state index contributed by atoms with van der Waals surface area (Å²) in [7, 11) is -9.92. The summed E-state index contributed by atoms with van der Waals surface area (Å²) in [6.45, 7) is 11.7. The van der Waals surface area contributed by atoms with Crippen molar-refractivity contribution in [2.45, 2.75) is 349 Å². The van der Waals surface area contributed by atoms with Gasteiger partial charge in [0.25, 0.3) is 0 Å². The maximum atomic E-state index is 13.0. The van der Waals surface area contributed by atoms with Crippen LogP contribution in [0.2, 0.25) is 0 Å². The van der Waals surface area contributed by atoms with E-state index in [-0.39, 0.29) is 25.7 Å². The summed E-state index contributed by atoms with van der Waals surface area (Å²) in [5.41, 5.74) is 0. The fourth-order valence-corrected chi connectivity index (χ4v) is 11.7. The van der Waals surface area contributed by atoms with E-state index >= 15 is 0 Å². The summed E-state index contributed by atoms with van der Waals surface area (Å²) in [5.74, 6) is 0.0692. The number of phosphoric acid groups is 2. The SMILES string of the molecule is CCCCCC/C=C\C=C/CCCCCCCC(=O)O[C@H](COC(=O)CCCCCCCCCCCCC(C)C)COP(=O)(O)OCC(O)COP(=O)(O)OC[C@@H](COC(=O)CCCCCCCCCC(C)C)OC(=O)CCCCCCCCCCC(C)CC. The maximum absolute atomic E-state index is 13.0. The zero-order valence-electron chi connectivity index (χ0n) is 58.1. The molecule has 6 atom stereocenters. The first kappa shape index (κ1) is 87.5. The van der Waals surface area contributed by atoms with Gasteiger partial charge in [-0.05, 0) is 69.1 Å². The zero-order valence-corrected chi connectivity index (χ0v) is 59.9. The minimum atomic E-state index is -4.96. The molecule has 0 aromatic heterocycles. The van der Waals surface area contributed by atoms with Crippen molar-refractivity contribution >= 4 is 39.5 Å². The van der Waals surface area contributed by atoms with Crippen molar-refractivity contribution < 1.29 is 80.2 Å². The average Bonchev–Trinajstić information content (AvgIpc) is 3.51. The number of aliphatic hydroxyl groups excluding tert-OH is 1. The smallest absolute Gasteiger partial charge is 0.462 e. The van der Waals surface area contributed by atoms with Crippen molar-refractivity contribution in [3.05, 3.63) is 24.3 Å². The predicted molar refractivity (Wildman–Crippen MR) is 363 cm³/mol. The highest BCUT2D eigenvalue weighted by molar-refractivity contribution is 7.47. The molecule has 0 amide bonds. The summed E-state index contributed by atoms with van der Waals surface area (Å²) in [4.78, 5) is 72.5. The third-order valence-electron chi connectivity index (χ3n) is 16.1. The Hall–Kier alpha value is -2.46. The molecular formula is C71H134O17P2. The molecule has 530 valence electrons. The predicted octanol–water partition coefficient (Wildman–Crippen LogP) is 19.8. The first-order chi connectivity index (χ1) is 43.3. The normalized spacial score (nSPS) is 14.7. The van der Waals surface area contributed by atoms with Crippen LogP contribution < -0.4 is 0 Å². The number of esters is 4. The van der Waals surface area contributed by atoms with Crippen LogP contribution in [0.3, 0.4) is 0 Å². The van der Waals surface area contributed by atoms with Crippen LogP contribution in [0.4, 0.5) is 0 Å². The second kappa shape index (κ2) is 61.4. The number of ether oxygens (including phenoxy) is 4. The van der Waals surface area contributed by atoms with Crippen LogP contribution in [0, 0.1) is 17.8 Å². The number of carbonyl (C=O) groups is 4. The molecule has 0 saturated heterocycles. The number of carbonyl (C=O) groups excluding carboxylic acids is 4. The van der Waals surface area contributed by atoms with Gasteiger partial charge in [0.1, 0.15) is 19.3 Å². The Labute approximate surface area is 548 Å². The molecule has 0 radical (unpaired) electrons. The zero-order chi connectivity index (χ0) is 66.6. The first-order valence-corrected chi connectivity index (χ1v) is 39.2. The largest absolute Gasteiger partial charge is 0.472 e. The number of unbranched alkanes of at least 4 members (excludes halogenated alkanes) is 31. The van der Waals surface area contributed by atoms with E-state index in [4.69, 9.17) is 37.0 Å². The van der Waals surface area contributed by atoms with Gasteiger partial charge in [0.15, 0.2) is 12.2 Å². The second-order valence-electron chi connectivity index (χ2n) is 26.1. The lowest BCUT2D eigenvalue weighted by Gasteiger charge is -2.21. The van der Waals surface area contributed by atoms with Crippen molar-refractivity contribution in [2.24, 2.45) is 17.8 Å². The van der Waals surface area contributed by atoms with Crippen LogP contribution in [0.5, 0.6) is 0 Å². The van der Waals surface area contributed by atoms with Gasteiger partial charge in [-0.2, -0.15) is 0 Å². The topological polar surface area (TPSA) is 237 Å². The third-order valence-corrected chi connectivity index (χ3v) is 18.0. The Balaban J connectivity index is 5.30. The van der Waals surface area contributed by atoms with Crippen LogP contribution in [0.1, 0.15) is 331 Å². The molecule has 0 aromatic rings. The van der Waals surface area contributed by atoms with E-state index in [2.05, 4.69) is 72.8 Å². The molecule has 0 fully saturated rings. The van der Waals surface area contributed by atoms with Gasteiger partial charge >= 0.3 is 39.5 Å². The van der Waals surface area contributed by atoms with Crippen molar-refractivity contribution in [3.63, 3.8) is 0 Å². The number of phosphoric ester groups is 2. The Morgan fingerprint density at radius 1 is 0.367 bits per heavy atom. The maximum Gasteiger partial charge on any atom is 0.472 e. The summed E-state index contributed by atoms with van der Waals surface area (Å²) < 4.78 is 68.3. The number of allylic oxidation sites excluding steroid dienone is 4. The lowest BCUT2D eigenvalue weighted by molar-refractivity contribution is -0.161. The molecule has 0 saturated carbocycles. The monoisotopic (exact) mass is 1320 g/mol. The Kier molecular flexibility index (Phi) is 59.7. The first-order valence-electron chi connectivity index (χ1n) is 36.2. The van der Waals surface area contributed by atoms with Gasteiger partial charge in [0.05, 0.1) is 26.4 Å². The Bertz CT molecular complexity index is 1860.